The summed E-state index contributed by atoms with van der Waals surface area (Å²) in [5, 5.41) is 9.28. The third-order valence-corrected chi connectivity index (χ3v) is 4.85. The molecule has 2 heterocycles. The lowest BCUT2D eigenvalue weighted by molar-refractivity contribution is -0.123. The first-order valence-corrected chi connectivity index (χ1v) is 8.02. The van der Waals surface area contributed by atoms with Gasteiger partial charge in [0.15, 0.2) is 0 Å². The van der Waals surface area contributed by atoms with Gasteiger partial charge in [0.2, 0.25) is 0 Å². The van der Waals surface area contributed by atoms with Gasteiger partial charge in [-0.15, -0.1) is 0 Å². The molecule has 2 aliphatic heterocycles. The Bertz CT molecular complexity index is 591. The maximum atomic E-state index is 12.4. The molecule has 4 nitrogen and oxygen atoms in total. The lowest BCUT2D eigenvalue weighted by Crippen LogP contribution is -2.35. The van der Waals surface area contributed by atoms with Crippen molar-refractivity contribution in [3.05, 3.63) is 34.7 Å². The standard InChI is InChI=1S/C15H15NO3S2/c17-11-5-3-10(4-6-11)8-13-14(18)16(15(20)21-13)9-12-2-1-7-19-12/h3-6,8,12,17H,1-2,7,9H2. The Kier molecular flexibility index (Phi) is 4.28. The summed E-state index contributed by atoms with van der Waals surface area (Å²) in [4.78, 5) is 14.7. The molecule has 1 N–H and O–H groups in total. The first kappa shape index (κ1) is 14.6. The maximum Gasteiger partial charge on any atom is 0.266 e. The number of phenols is 1. The number of thiocarbonyl (C=S) groups is 1. The number of thioether (sulfide) groups is 1. The number of benzene rings is 1. The number of amides is 1. The smallest absolute Gasteiger partial charge is 0.266 e. The van der Waals surface area contributed by atoms with Gasteiger partial charge in [-0.25, -0.2) is 0 Å². The maximum absolute atomic E-state index is 12.4. The summed E-state index contributed by atoms with van der Waals surface area (Å²) in [7, 11) is 0. The molecule has 0 bridgehead atoms. The molecule has 3 rings (SSSR count). The van der Waals surface area contributed by atoms with Crippen molar-refractivity contribution in [2.45, 2.75) is 18.9 Å². The van der Waals surface area contributed by atoms with Gasteiger partial charge < -0.3 is 9.84 Å². The zero-order valence-electron chi connectivity index (χ0n) is 11.3. The third-order valence-electron chi connectivity index (χ3n) is 3.47. The summed E-state index contributed by atoms with van der Waals surface area (Å²) in [5.41, 5.74) is 0.866. The lowest BCUT2D eigenvalue weighted by Gasteiger charge is -2.18. The molecule has 0 aromatic heterocycles. The molecule has 0 saturated carbocycles. The highest BCUT2D eigenvalue weighted by Gasteiger charge is 2.34. The summed E-state index contributed by atoms with van der Waals surface area (Å²) in [6, 6.07) is 6.72. The Morgan fingerprint density at radius 1 is 1.43 bits per heavy atom. The number of rotatable bonds is 3. The van der Waals surface area contributed by atoms with Crippen LogP contribution in [0.4, 0.5) is 0 Å². The monoisotopic (exact) mass is 321 g/mol. The van der Waals surface area contributed by atoms with E-state index in [0.29, 0.717) is 15.8 Å². The van der Waals surface area contributed by atoms with Gasteiger partial charge >= 0.3 is 0 Å². The van der Waals surface area contributed by atoms with Gasteiger partial charge in [-0.2, -0.15) is 0 Å². The van der Waals surface area contributed by atoms with E-state index in [9.17, 15) is 9.90 Å². The molecule has 6 heteroatoms. The van der Waals surface area contributed by atoms with Gasteiger partial charge in [0, 0.05) is 6.61 Å². The highest BCUT2D eigenvalue weighted by Crippen LogP contribution is 2.33. The minimum absolute atomic E-state index is 0.0615. The summed E-state index contributed by atoms with van der Waals surface area (Å²) in [6.07, 6.45) is 3.92. The highest BCUT2D eigenvalue weighted by molar-refractivity contribution is 8.26. The van der Waals surface area contributed by atoms with Crippen molar-refractivity contribution < 1.29 is 14.6 Å². The van der Waals surface area contributed by atoms with Crippen molar-refractivity contribution in [2.24, 2.45) is 0 Å². The molecular weight excluding hydrogens is 306 g/mol. The topological polar surface area (TPSA) is 49.8 Å². The van der Waals surface area contributed by atoms with E-state index in [-0.39, 0.29) is 17.8 Å². The van der Waals surface area contributed by atoms with Gasteiger partial charge in [-0.1, -0.05) is 36.1 Å². The number of hydrogen-bond acceptors (Lipinski definition) is 5. The Morgan fingerprint density at radius 2 is 2.19 bits per heavy atom. The van der Waals surface area contributed by atoms with E-state index in [1.165, 1.54) is 11.8 Å². The molecule has 1 aromatic carbocycles. The van der Waals surface area contributed by atoms with E-state index >= 15 is 0 Å². The van der Waals surface area contributed by atoms with Gasteiger partial charge in [-0.05, 0) is 36.6 Å². The van der Waals surface area contributed by atoms with Crippen molar-refractivity contribution >= 4 is 40.3 Å². The predicted octanol–water partition coefficient (Wildman–Crippen LogP) is 2.77. The number of ether oxygens (including phenoxy) is 1. The summed E-state index contributed by atoms with van der Waals surface area (Å²) in [6.45, 7) is 1.31. The number of hydrogen-bond donors (Lipinski definition) is 1. The molecule has 21 heavy (non-hydrogen) atoms. The van der Waals surface area contributed by atoms with Crippen molar-refractivity contribution in [1.29, 1.82) is 0 Å². The Balaban J connectivity index is 1.74. The highest BCUT2D eigenvalue weighted by atomic mass is 32.2. The summed E-state index contributed by atoms with van der Waals surface area (Å²) in [5.74, 6) is 0.145. The van der Waals surface area contributed by atoms with Crippen molar-refractivity contribution in [2.75, 3.05) is 13.2 Å². The number of phenolic OH excluding ortho intramolecular Hbond substituents is 1. The van der Waals surface area contributed by atoms with Crippen LogP contribution in [0, 0.1) is 0 Å². The van der Waals surface area contributed by atoms with Gasteiger partial charge in [0.1, 0.15) is 10.1 Å². The van der Waals surface area contributed by atoms with E-state index in [0.717, 1.165) is 25.0 Å². The number of carbonyl (C=O) groups is 1. The number of nitrogens with zero attached hydrogens (tertiary/aromatic N) is 1. The quantitative estimate of drug-likeness (QED) is 0.685. The first-order chi connectivity index (χ1) is 10.1. The van der Waals surface area contributed by atoms with E-state index < -0.39 is 0 Å². The average Bonchev–Trinajstić information content (AvgIpc) is 3.06. The van der Waals surface area contributed by atoms with Crippen molar-refractivity contribution in [3.8, 4) is 5.75 Å². The zero-order valence-corrected chi connectivity index (χ0v) is 13.0. The molecule has 0 radical (unpaired) electrons. The minimum Gasteiger partial charge on any atom is -0.508 e. The second-order valence-corrected chi connectivity index (χ2v) is 6.69. The van der Waals surface area contributed by atoms with E-state index in [1.54, 1.807) is 35.2 Å². The van der Waals surface area contributed by atoms with Crippen LogP contribution in [0.15, 0.2) is 29.2 Å². The fourth-order valence-corrected chi connectivity index (χ4v) is 3.65. The van der Waals surface area contributed by atoms with Crippen molar-refractivity contribution in [1.82, 2.24) is 4.90 Å². The molecule has 2 saturated heterocycles. The van der Waals surface area contributed by atoms with Crippen LogP contribution in [0.5, 0.6) is 5.75 Å². The molecule has 0 aliphatic carbocycles. The summed E-state index contributed by atoms with van der Waals surface area (Å²) >= 11 is 6.61. The molecular formula is C15H15NO3S2. The van der Waals surface area contributed by atoms with E-state index in [2.05, 4.69) is 0 Å². The van der Waals surface area contributed by atoms with Crippen LogP contribution >= 0.6 is 24.0 Å². The van der Waals surface area contributed by atoms with Crippen LogP contribution < -0.4 is 0 Å². The van der Waals surface area contributed by atoms with Crippen LogP contribution in [0.2, 0.25) is 0 Å². The van der Waals surface area contributed by atoms with Crippen LogP contribution in [-0.2, 0) is 9.53 Å². The molecule has 0 spiro atoms. The van der Waals surface area contributed by atoms with Crippen LogP contribution in [-0.4, -0.2) is 39.5 Å². The van der Waals surface area contributed by atoms with Crippen molar-refractivity contribution in [3.63, 3.8) is 0 Å². The van der Waals surface area contributed by atoms with E-state index in [4.69, 9.17) is 17.0 Å². The minimum atomic E-state index is -0.0615. The van der Waals surface area contributed by atoms with Crippen LogP contribution in [0.1, 0.15) is 18.4 Å². The molecule has 2 aliphatic rings. The normalized spacial score (nSPS) is 24.3. The predicted molar refractivity (Wildman–Crippen MR) is 87.0 cm³/mol. The second kappa shape index (κ2) is 6.17. The lowest BCUT2D eigenvalue weighted by atomic mass is 10.2. The van der Waals surface area contributed by atoms with Gasteiger partial charge in [0.05, 0.1) is 17.6 Å². The molecule has 1 amide bonds. The number of aromatic hydroxyl groups is 1. The van der Waals surface area contributed by atoms with Crippen LogP contribution in [0.3, 0.4) is 0 Å². The van der Waals surface area contributed by atoms with Crippen LogP contribution in [0.25, 0.3) is 6.08 Å². The second-order valence-electron chi connectivity index (χ2n) is 5.02. The molecule has 110 valence electrons. The fraction of sp³-hybridized carbons (Fsp3) is 0.333. The Morgan fingerprint density at radius 3 is 2.86 bits per heavy atom. The molecule has 1 unspecified atom stereocenters. The summed E-state index contributed by atoms with van der Waals surface area (Å²) < 4.78 is 6.15. The average molecular weight is 321 g/mol. The SMILES string of the molecule is O=C1C(=Cc2ccc(O)cc2)SC(=S)N1CC1CCCO1. The van der Waals surface area contributed by atoms with Gasteiger partial charge in [0.25, 0.3) is 5.91 Å². The Labute approximate surface area is 132 Å². The number of carbonyl (C=O) groups excluding carboxylic acids is 1. The largest absolute Gasteiger partial charge is 0.508 e. The van der Waals surface area contributed by atoms with Gasteiger partial charge in [-0.3, -0.25) is 9.69 Å². The molecule has 2 fully saturated rings. The first-order valence-electron chi connectivity index (χ1n) is 6.79. The van der Waals surface area contributed by atoms with E-state index in [1.807, 2.05) is 0 Å². The zero-order chi connectivity index (χ0) is 14.8. The molecule has 1 aromatic rings. The molecule has 1 atom stereocenters. The Hall–Kier alpha value is -1.37. The fourth-order valence-electron chi connectivity index (χ4n) is 2.37. The third kappa shape index (κ3) is 3.28.